The summed E-state index contributed by atoms with van der Waals surface area (Å²) in [5.41, 5.74) is 1.45. The summed E-state index contributed by atoms with van der Waals surface area (Å²) in [6, 6.07) is 8.29. The minimum Gasteiger partial charge on any atom is -0.303 e. The third-order valence-electron chi connectivity index (χ3n) is 3.28. The van der Waals surface area contributed by atoms with Gasteiger partial charge in [0.15, 0.2) is 0 Å². The number of hydrogen-bond donors (Lipinski definition) is 4. The fraction of sp³-hybridized carbons (Fsp3) is 0.0625. The first-order chi connectivity index (χ1) is 13.9. The maximum Gasteiger partial charge on any atom is 0.326 e. The van der Waals surface area contributed by atoms with E-state index in [4.69, 9.17) is 0 Å². The lowest BCUT2D eigenvalue weighted by molar-refractivity contribution is -0.120. The SMILES string of the molecule is O=C(Cc1nnc(NC(=O)c2cc(=O)[nH]c(=O)[nH]2)s1)N/N=C\c1ccc(Br)cc1. The van der Waals surface area contributed by atoms with Crippen LogP contribution in [0.4, 0.5) is 5.13 Å². The monoisotopic (exact) mass is 477 g/mol. The van der Waals surface area contributed by atoms with Crippen LogP contribution < -0.4 is 22.0 Å². The number of anilines is 1. The van der Waals surface area contributed by atoms with E-state index in [1.807, 2.05) is 29.2 Å². The molecule has 11 nitrogen and oxygen atoms in total. The minimum atomic E-state index is -0.805. The van der Waals surface area contributed by atoms with Gasteiger partial charge in [-0.15, -0.1) is 10.2 Å². The van der Waals surface area contributed by atoms with Gasteiger partial charge in [-0.25, -0.2) is 10.2 Å². The molecular formula is C16H12BrN7O4S. The molecule has 0 radical (unpaired) electrons. The molecule has 1 aromatic carbocycles. The number of benzene rings is 1. The highest BCUT2D eigenvalue weighted by Gasteiger charge is 2.13. The quantitative estimate of drug-likeness (QED) is 0.300. The van der Waals surface area contributed by atoms with Gasteiger partial charge in [-0.05, 0) is 17.7 Å². The van der Waals surface area contributed by atoms with E-state index in [0.717, 1.165) is 27.4 Å². The van der Waals surface area contributed by atoms with Crippen LogP contribution in [0.25, 0.3) is 0 Å². The topological polar surface area (TPSA) is 162 Å². The normalized spacial score (nSPS) is 10.8. The number of rotatable bonds is 6. The molecule has 4 N–H and O–H groups in total. The van der Waals surface area contributed by atoms with Gasteiger partial charge in [-0.2, -0.15) is 5.10 Å². The van der Waals surface area contributed by atoms with E-state index in [1.54, 1.807) is 0 Å². The van der Waals surface area contributed by atoms with Crippen molar-refractivity contribution in [3.63, 3.8) is 0 Å². The van der Waals surface area contributed by atoms with Crippen molar-refractivity contribution in [2.24, 2.45) is 5.10 Å². The summed E-state index contributed by atoms with van der Waals surface area (Å²) in [6.45, 7) is 0. The summed E-state index contributed by atoms with van der Waals surface area (Å²) in [7, 11) is 0. The maximum absolute atomic E-state index is 12.1. The summed E-state index contributed by atoms with van der Waals surface area (Å²) >= 11 is 4.30. The summed E-state index contributed by atoms with van der Waals surface area (Å²) in [5.74, 6) is -1.15. The van der Waals surface area contributed by atoms with Gasteiger partial charge in [0.05, 0.1) is 12.6 Å². The molecule has 13 heteroatoms. The molecule has 0 spiro atoms. The van der Waals surface area contributed by atoms with Crippen molar-refractivity contribution in [1.82, 2.24) is 25.6 Å². The van der Waals surface area contributed by atoms with Gasteiger partial charge in [0.25, 0.3) is 11.5 Å². The Kier molecular flexibility index (Phi) is 6.41. The van der Waals surface area contributed by atoms with Crippen LogP contribution in [0.2, 0.25) is 0 Å². The fourth-order valence-electron chi connectivity index (χ4n) is 2.04. The highest BCUT2D eigenvalue weighted by molar-refractivity contribution is 9.10. The Bertz CT molecular complexity index is 1150. The first-order valence-electron chi connectivity index (χ1n) is 7.94. The second-order valence-corrected chi connectivity index (χ2v) is 7.46. The van der Waals surface area contributed by atoms with Crippen molar-refractivity contribution >= 4 is 50.4 Å². The zero-order chi connectivity index (χ0) is 20.8. The van der Waals surface area contributed by atoms with Gasteiger partial charge in [0.2, 0.25) is 11.0 Å². The smallest absolute Gasteiger partial charge is 0.303 e. The summed E-state index contributed by atoms with van der Waals surface area (Å²) < 4.78 is 0.934. The van der Waals surface area contributed by atoms with Crippen molar-refractivity contribution in [2.75, 3.05) is 5.32 Å². The second-order valence-electron chi connectivity index (χ2n) is 5.48. The molecule has 0 bridgehead atoms. The fourth-order valence-corrected chi connectivity index (χ4v) is 3.03. The number of aromatic nitrogens is 4. The molecule has 0 saturated heterocycles. The van der Waals surface area contributed by atoms with E-state index in [1.165, 1.54) is 6.21 Å². The van der Waals surface area contributed by atoms with Gasteiger partial charge in [-0.3, -0.25) is 24.7 Å². The molecule has 2 heterocycles. The second kappa shape index (κ2) is 9.16. The number of hydrogen-bond acceptors (Lipinski definition) is 8. The predicted molar refractivity (Wildman–Crippen MR) is 109 cm³/mol. The average molecular weight is 478 g/mol. The highest BCUT2D eigenvalue weighted by Crippen LogP contribution is 2.16. The number of hydrazone groups is 1. The average Bonchev–Trinajstić information content (AvgIpc) is 3.09. The van der Waals surface area contributed by atoms with Gasteiger partial charge in [0.1, 0.15) is 10.7 Å². The number of nitrogens with one attached hydrogen (secondary N) is 4. The molecule has 0 unspecified atom stereocenters. The molecule has 2 aromatic heterocycles. The van der Waals surface area contributed by atoms with Crippen LogP contribution in [-0.2, 0) is 11.2 Å². The van der Waals surface area contributed by atoms with E-state index >= 15 is 0 Å². The number of H-pyrrole nitrogens is 2. The Morgan fingerprint density at radius 1 is 1.17 bits per heavy atom. The lowest BCUT2D eigenvalue weighted by atomic mass is 10.2. The first kappa shape index (κ1) is 20.3. The Labute approximate surface area is 174 Å². The maximum atomic E-state index is 12.1. The van der Waals surface area contributed by atoms with Crippen LogP contribution in [0.1, 0.15) is 21.1 Å². The van der Waals surface area contributed by atoms with Gasteiger partial charge in [-0.1, -0.05) is 39.4 Å². The minimum absolute atomic E-state index is 0.0902. The van der Waals surface area contributed by atoms with E-state index < -0.39 is 23.1 Å². The van der Waals surface area contributed by atoms with Crippen LogP contribution in [0, 0.1) is 0 Å². The molecule has 3 aromatic rings. The Hall–Kier alpha value is -3.45. The number of amides is 2. The third kappa shape index (κ3) is 6.02. The molecule has 0 aliphatic rings. The van der Waals surface area contributed by atoms with Gasteiger partial charge >= 0.3 is 5.69 Å². The number of aromatic amines is 2. The standard InChI is InChI=1S/C16H12BrN7O4S/c17-9-3-1-8(2-4-9)7-18-22-12(26)6-13-23-24-16(29-13)21-14(27)10-5-11(25)20-15(28)19-10/h1-5,7H,6H2,(H,22,26)(H,21,24,27)(H2,19,20,25,28)/b18-7-. The molecule has 2 amide bonds. The summed E-state index contributed by atoms with van der Waals surface area (Å²) in [5, 5.41) is 14.3. The molecule has 0 atom stereocenters. The Morgan fingerprint density at radius 2 is 1.93 bits per heavy atom. The lowest BCUT2D eigenvalue weighted by Crippen LogP contribution is -2.27. The van der Waals surface area contributed by atoms with E-state index in [0.29, 0.717) is 5.01 Å². The van der Waals surface area contributed by atoms with E-state index in [-0.39, 0.29) is 17.2 Å². The molecule has 148 valence electrons. The van der Waals surface area contributed by atoms with E-state index in [9.17, 15) is 19.2 Å². The largest absolute Gasteiger partial charge is 0.326 e. The summed E-state index contributed by atoms with van der Waals surface area (Å²) in [6.07, 6.45) is 1.41. The third-order valence-corrected chi connectivity index (χ3v) is 4.64. The molecular weight excluding hydrogens is 466 g/mol. The number of nitrogens with zero attached hydrogens (tertiary/aromatic N) is 3. The van der Waals surface area contributed by atoms with Crippen molar-refractivity contribution < 1.29 is 9.59 Å². The van der Waals surface area contributed by atoms with Crippen molar-refractivity contribution in [1.29, 1.82) is 0 Å². The van der Waals surface area contributed by atoms with Crippen molar-refractivity contribution in [3.8, 4) is 0 Å². The number of halogens is 1. The van der Waals surface area contributed by atoms with E-state index in [2.05, 4.69) is 47.0 Å². The van der Waals surface area contributed by atoms with Crippen LogP contribution in [0.15, 0.2) is 49.5 Å². The van der Waals surface area contributed by atoms with Crippen molar-refractivity contribution in [3.05, 3.63) is 71.9 Å². The van der Waals surface area contributed by atoms with Crippen LogP contribution >= 0.6 is 27.3 Å². The lowest BCUT2D eigenvalue weighted by Gasteiger charge is -1.99. The first-order valence-corrected chi connectivity index (χ1v) is 9.55. The highest BCUT2D eigenvalue weighted by atomic mass is 79.9. The molecule has 0 aliphatic heterocycles. The molecule has 29 heavy (non-hydrogen) atoms. The van der Waals surface area contributed by atoms with Gasteiger partial charge in [0, 0.05) is 10.5 Å². The summed E-state index contributed by atoms with van der Waals surface area (Å²) in [4.78, 5) is 50.6. The molecule has 0 aliphatic carbocycles. The number of carbonyl (C=O) groups excluding carboxylic acids is 2. The van der Waals surface area contributed by atoms with Crippen LogP contribution in [0.3, 0.4) is 0 Å². The number of carbonyl (C=O) groups is 2. The molecule has 0 saturated carbocycles. The zero-order valence-electron chi connectivity index (χ0n) is 14.4. The van der Waals surface area contributed by atoms with Gasteiger partial charge < -0.3 is 4.98 Å². The predicted octanol–water partition coefficient (Wildman–Crippen LogP) is 0.622. The Morgan fingerprint density at radius 3 is 2.66 bits per heavy atom. The Balaban J connectivity index is 1.54. The zero-order valence-corrected chi connectivity index (χ0v) is 16.8. The van der Waals surface area contributed by atoms with Crippen LogP contribution in [0.5, 0.6) is 0 Å². The van der Waals surface area contributed by atoms with Crippen molar-refractivity contribution in [2.45, 2.75) is 6.42 Å². The molecule has 0 fully saturated rings. The molecule has 3 rings (SSSR count). The van der Waals surface area contributed by atoms with Crippen LogP contribution in [-0.4, -0.2) is 38.2 Å².